The zero-order valence-electron chi connectivity index (χ0n) is 4.90. The molecule has 0 aromatic carbocycles. The summed E-state index contributed by atoms with van der Waals surface area (Å²) in [6.45, 7) is 0. The maximum absolute atomic E-state index is 5.71. The first kappa shape index (κ1) is 10.0. The fourth-order valence-electron chi connectivity index (χ4n) is 0.832. The van der Waals surface area contributed by atoms with Crippen molar-refractivity contribution in [2.45, 2.75) is 25.7 Å². The molecule has 0 saturated heterocycles. The minimum Gasteiger partial charge on any atom is -0.0879 e. The van der Waals surface area contributed by atoms with Gasteiger partial charge in [-0.05, 0) is 25.7 Å². The van der Waals surface area contributed by atoms with Crippen LogP contribution < -0.4 is 0 Å². The number of halogens is 2. The van der Waals surface area contributed by atoms with E-state index in [4.69, 9.17) is 23.2 Å². The Labute approximate surface area is 79.9 Å². The van der Waals surface area contributed by atoms with E-state index in [0.717, 1.165) is 22.9 Å². The van der Waals surface area contributed by atoms with Gasteiger partial charge in [-0.15, -0.1) is 0 Å². The molecule has 0 aromatic rings. The molecule has 0 heterocycles. The zero-order valence-corrected chi connectivity index (χ0v) is 8.68. The van der Waals surface area contributed by atoms with E-state index >= 15 is 0 Å². The van der Waals surface area contributed by atoms with E-state index in [1.54, 1.807) is 0 Å². The van der Waals surface area contributed by atoms with Crippen molar-refractivity contribution in [1.29, 1.82) is 0 Å². The van der Waals surface area contributed by atoms with Crippen molar-refractivity contribution in [2.24, 2.45) is 0 Å². The molecular formula is C6H8Cl2Pt+2. The number of allylic oxidation sites excluding steroid dienone is 2. The van der Waals surface area contributed by atoms with Crippen molar-refractivity contribution in [1.82, 2.24) is 0 Å². The summed E-state index contributed by atoms with van der Waals surface area (Å²) < 4.78 is 0. The predicted molar refractivity (Wildman–Crippen MR) is 37.2 cm³/mol. The molecule has 0 amide bonds. The summed E-state index contributed by atoms with van der Waals surface area (Å²) in [5.74, 6) is 0. The fourth-order valence-corrected chi connectivity index (χ4v) is 1.29. The Morgan fingerprint density at radius 2 is 1.22 bits per heavy atom. The summed E-state index contributed by atoms with van der Waals surface area (Å²) in [6, 6.07) is 0. The molecule has 0 bridgehead atoms. The molecule has 0 radical (unpaired) electrons. The summed E-state index contributed by atoms with van der Waals surface area (Å²) in [4.78, 5) is 0. The Kier molecular flexibility index (Phi) is 5.30. The van der Waals surface area contributed by atoms with Crippen LogP contribution in [-0.2, 0) is 21.1 Å². The largest absolute Gasteiger partial charge is 2.00 e. The summed E-state index contributed by atoms with van der Waals surface area (Å²) >= 11 is 11.4. The summed E-state index contributed by atoms with van der Waals surface area (Å²) in [5.41, 5.74) is 0. The maximum Gasteiger partial charge on any atom is 2.00 e. The molecule has 1 aliphatic rings. The second-order valence-electron chi connectivity index (χ2n) is 2.02. The molecule has 3 heteroatoms. The average molecular weight is 346 g/mol. The van der Waals surface area contributed by atoms with Crippen LogP contribution in [0, 0.1) is 0 Å². The van der Waals surface area contributed by atoms with Gasteiger partial charge in [-0.3, -0.25) is 0 Å². The summed E-state index contributed by atoms with van der Waals surface area (Å²) in [7, 11) is 0. The van der Waals surface area contributed by atoms with E-state index in [2.05, 4.69) is 0 Å². The molecule has 54 valence electrons. The van der Waals surface area contributed by atoms with Gasteiger partial charge in [0.05, 0.1) is 0 Å². The van der Waals surface area contributed by atoms with Gasteiger partial charge in [0.15, 0.2) is 0 Å². The first-order chi connectivity index (χ1) is 3.80. The average Bonchev–Trinajstić information content (AvgIpc) is 1.77. The fraction of sp³-hybridized carbons (Fsp3) is 0.667. The van der Waals surface area contributed by atoms with Crippen LogP contribution in [-0.4, -0.2) is 0 Å². The van der Waals surface area contributed by atoms with Crippen LogP contribution in [0.25, 0.3) is 0 Å². The van der Waals surface area contributed by atoms with Crippen molar-refractivity contribution < 1.29 is 21.1 Å². The number of hydrogen-bond donors (Lipinski definition) is 0. The monoisotopic (exact) mass is 345 g/mol. The van der Waals surface area contributed by atoms with Gasteiger partial charge in [0.1, 0.15) is 0 Å². The van der Waals surface area contributed by atoms with Crippen LogP contribution in [0.4, 0.5) is 0 Å². The molecule has 0 N–H and O–H groups in total. The molecule has 1 aliphatic carbocycles. The van der Waals surface area contributed by atoms with Gasteiger partial charge in [-0.25, -0.2) is 0 Å². The van der Waals surface area contributed by atoms with Gasteiger partial charge in [0.2, 0.25) is 0 Å². The van der Waals surface area contributed by atoms with E-state index in [9.17, 15) is 0 Å². The van der Waals surface area contributed by atoms with Crippen molar-refractivity contribution in [3.8, 4) is 0 Å². The van der Waals surface area contributed by atoms with Crippen LogP contribution in [0.2, 0.25) is 0 Å². The number of hydrogen-bond acceptors (Lipinski definition) is 0. The minimum absolute atomic E-state index is 0. The molecule has 0 nitrogen and oxygen atoms in total. The van der Waals surface area contributed by atoms with Gasteiger partial charge in [-0.2, -0.15) is 0 Å². The van der Waals surface area contributed by atoms with Crippen LogP contribution >= 0.6 is 23.2 Å². The first-order valence-electron chi connectivity index (χ1n) is 2.84. The molecule has 1 rings (SSSR count). The van der Waals surface area contributed by atoms with Crippen molar-refractivity contribution >= 4 is 23.2 Å². The van der Waals surface area contributed by atoms with Gasteiger partial charge >= 0.3 is 21.1 Å². The van der Waals surface area contributed by atoms with E-state index in [-0.39, 0.29) is 21.1 Å². The third-order valence-corrected chi connectivity index (χ3v) is 2.27. The quantitative estimate of drug-likeness (QED) is 0.632. The SMILES string of the molecule is ClC1=C(Cl)CCCC1.[Pt+2]. The minimum atomic E-state index is 0. The smallest absolute Gasteiger partial charge is 0.0879 e. The van der Waals surface area contributed by atoms with E-state index < -0.39 is 0 Å². The Balaban J connectivity index is 0.000000640. The second-order valence-corrected chi connectivity index (χ2v) is 2.93. The van der Waals surface area contributed by atoms with Gasteiger partial charge < -0.3 is 0 Å². The molecule has 0 spiro atoms. The molecule has 0 aliphatic heterocycles. The second kappa shape index (κ2) is 4.77. The van der Waals surface area contributed by atoms with Crippen LogP contribution in [0.15, 0.2) is 10.1 Å². The number of rotatable bonds is 0. The third-order valence-electron chi connectivity index (χ3n) is 1.34. The Hall–Kier alpha value is 1.01. The third kappa shape index (κ3) is 3.07. The van der Waals surface area contributed by atoms with Crippen molar-refractivity contribution in [3.63, 3.8) is 0 Å². The van der Waals surface area contributed by atoms with E-state index in [0.29, 0.717) is 0 Å². The predicted octanol–water partition coefficient (Wildman–Crippen LogP) is 3.25. The molecular weight excluding hydrogens is 338 g/mol. The van der Waals surface area contributed by atoms with Crippen molar-refractivity contribution in [3.05, 3.63) is 10.1 Å². The summed E-state index contributed by atoms with van der Waals surface area (Å²) in [6.07, 6.45) is 4.38. The molecule has 9 heavy (non-hydrogen) atoms. The Morgan fingerprint density at radius 3 is 1.44 bits per heavy atom. The van der Waals surface area contributed by atoms with Gasteiger partial charge in [-0.1, -0.05) is 23.2 Å². The van der Waals surface area contributed by atoms with E-state index in [1.165, 1.54) is 12.8 Å². The maximum atomic E-state index is 5.71. The molecule has 0 aromatic heterocycles. The summed E-state index contributed by atoms with van der Waals surface area (Å²) in [5, 5.41) is 1.75. The zero-order chi connectivity index (χ0) is 5.98. The Bertz CT molecular complexity index is 106. The molecule has 0 fully saturated rings. The van der Waals surface area contributed by atoms with Crippen LogP contribution in [0.3, 0.4) is 0 Å². The standard InChI is InChI=1S/C6H8Cl2.Pt/c7-5-3-1-2-4-6(5)8;/h1-4H2;/q;+2. The van der Waals surface area contributed by atoms with Crippen LogP contribution in [0.1, 0.15) is 25.7 Å². The Morgan fingerprint density at radius 1 is 0.889 bits per heavy atom. The van der Waals surface area contributed by atoms with Crippen molar-refractivity contribution in [2.75, 3.05) is 0 Å². The van der Waals surface area contributed by atoms with Gasteiger partial charge in [0.25, 0.3) is 0 Å². The van der Waals surface area contributed by atoms with E-state index in [1.807, 2.05) is 0 Å². The van der Waals surface area contributed by atoms with Gasteiger partial charge in [0, 0.05) is 10.1 Å². The first-order valence-corrected chi connectivity index (χ1v) is 3.59. The molecule has 0 unspecified atom stereocenters. The molecule has 0 saturated carbocycles. The van der Waals surface area contributed by atoms with Crippen LogP contribution in [0.5, 0.6) is 0 Å². The topological polar surface area (TPSA) is 0 Å². The molecule has 0 atom stereocenters. The normalized spacial score (nSPS) is 19.3.